The van der Waals surface area contributed by atoms with E-state index in [-0.39, 0.29) is 0 Å². The van der Waals surface area contributed by atoms with Gasteiger partial charge in [0, 0.05) is 29.2 Å². The van der Waals surface area contributed by atoms with Crippen molar-refractivity contribution in [2.24, 2.45) is 0 Å². The van der Waals surface area contributed by atoms with Gasteiger partial charge in [-0.2, -0.15) is 0 Å². The first-order valence-electron chi connectivity index (χ1n) is 5.59. The van der Waals surface area contributed by atoms with Crippen LogP contribution in [-0.2, 0) is 0 Å². The summed E-state index contributed by atoms with van der Waals surface area (Å²) in [6.45, 7) is 0. The lowest BCUT2D eigenvalue weighted by Gasteiger charge is -2.17. The summed E-state index contributed by atoms with van der Waals surface area (Å²) in [5.74, 6) is 0.741. The molecule has 8 heteroatoms. The van der Waals surface area contributed by atoms with Crippen molar-refractivity contribution in [1.29, 1.82) is 0 Å². The van der Waals surface area contributed by atoms with Crippen molar-refractivity contribution in [3.05, 3.63) is 59.5 Å². The van der Waals surface area contributed by atoms with Crippen LogP contribution >= 0.6 is 0 Å². The number of benzene rings is 2. The molecule has 112 valence electrons. The molecule has 0 heterocycles. The number of hydrogen-bond donors (Lipinski definition) is 0. The highest BCUT2D eigenvalue weighted by Gasteiger charge is 2.16. The van der Waals surface area contributed by atoms with E-state index in [0.29, 0.717) is 11.4 Å². The molecule has 0 aliphatic rings. The number of para-hydroxylation sites is 1. The highest BCUT2D eigenvalue weighted by molar-refractivity contribution is 5.52. The molecule has 0 unspecified atom stereocenters. The smallest absolute Gasteiger partial charge is 0.263 e. The topological polar surface area (TPSA) is 122 Å². The van der Waals surface area contributed by atoms with Gasteiger partial charge < -0.3 is 4.74 Å². The highest BCUT2D eigenvalue weighted by atomic mass is 35.7. The maximum absolute atomic E-state index is 11.9. The third-order valence-corrected chi connectivity index (χ3v) is 2.30. The van der Waals surface area contributed by atoms with Crippen LogP contribution in [0.4, 0.5) is 11.4 Å². The average Bonchev–Trinajstić information content (AvgIpc) is 2.46. The zero-order chi connectivity index (χ0) is 15.9. The van der Waals surface area contributed by atoms with Gasteiger partial charge in [-0.25, -0.2) is 18.6 Å². The molecular formula is C13H12ClNO6. The predicted molar refractivity (Wildman–Crippen MR) is 64.3 cm³/mol. The summed E-state index contributed by atoms with van der Waals surface area (Å²) in [6, 6.07) is 16.1. The number of hydrogen-bond acceptors (Lipinski definition) is 6. The number of rotatable bonds is 3. The molecular weight excluding hydrogens is 302 g/mol. The first-order chi connectivity index (χ1) is 9.81. The molecule has 0 N–H and O–H groups in total. The van der Waals surface area contributed by atoms with E-state index < -0.39 is 10.2 Å². The van der Waals surface area contributed by atoms with Crippen LogP contribution in [0.1, 0.15) is 0 Å². The SMILES string of the molecule is COc1ccc([N+](=O)c2ccccc2)cc1.[O-][Cl+3]([O-])([O-])[O-]. The average molecular weight is 314 g/mol. The standard InChI is InChI=1S/C13H12NO2.ClHO4/c1-16-13-9-7-12(8-10-13)14(15)11-5-3-2-4-6-11;2-1(3,4)5/h2-10H,1H3;(H,2,3,4,5)/q+1;/p-1. The van der Waals surface area contributed by atoms with Crippen molar-refractivity contribution < 1.29 is 33.6 Å². The van der Waals surface area contributed by atoms with Gasteiger partial charge in [0.05, 0.1) is 11.9 Å². The highest BCUT2D eigenvalue weighted by Crippen LogP contribution is 2.21. The van der Waals surface area contributed by atoms with Gasteiger partial charge in [0.15, 0.2) is 0 Å². The number of ether oxygens (including phenoxy) is 1. The Bertz CT molecular complexity index is 561. The van der Waals surface area contributed by atoms with Crippen molar-refractivity contribution in [3.63, 3.8) is 0 Å². The van der Waals surface area contributed by atoms with Crippen LogP contribution in [0.5, 0.6) is 5.75 Å². The van der Waals surface area contributed by atoms with Crippen LogP contribution in [0.15, 0.2) is 54.6 Å². The Morgan fingerprint density at radius 1 is 0.857 bits per heavy atom. The van der Waals surface area contributed by atoms with Crippen LogP contribution in [0.25, 0.3) is 0 Å². The van der Waals surface area contributed by atoms with E-state index >= 15 is 0 Å². The fourth-order valence-corrected chi connectivity index (χ4v) is 1.43. The summed E-state index contributed by atoms with van der Waals surface area (Å²) in [6.07, 6.45) is 0. The summed E-state index contributed by atoms with van der Waals surface area (Å²) in [7, 11) is -3.35. The Hall–Kier alpha value is -2.03. The van der Waals surface area contributed by atoms with Gasteiger partial charge in [-0.05, 0) is 12.1 Å². The van der Waals surface area contributed by atoms with Crippen LogP contribution in [0, 0.1) is 15.2 Å². The Labute approximate surface area is 123 Å². The third-order valence-electron chi connectivity index (χ3n) is 2.30. The van der Waals surface area contributed by atoms with Crippen LogP contribution in [-0.4, -0.2) is 7.11 Å². The molecule has 0 amide bonds. The van der Waals surface area contributed by atoms with E-state index in [4.69, 9.17) is 23.4 Å². The number of nitrogens with zero attached hydrogens (tertiary/aromatic N) is 1. The number of nitroso groups, excluding NO2 is 1. The van der Waals surface area contributed by atoms with Gasteiger partial charge in [0.2, 0.25) is 0 Å². The minimum atomic E-state index is -4.94. The first-order valence-corrected chi connectivity index (χ1v) is 6.83. The normalized spacial score (nSPS) is 10.3. The van der Waals surface area contributed by atoms with E-state index in [2.05, 4.69) is 0 Å². The molecule has 0 aromatic heterocycles. The van der Waals surface area contributed by atoms with Gasteiger partial charge in [0.1, 0.15) is 5.75 Å². The first kappa shape index (κ1) is 17.0. The molecule has 2 aromatic rings. The largest absolute Gasteiger partial charge is 0.497 e. The van der Waals surface area contributed by atoms with Gasteiger partial charge in [-0.3, -0.25) is 0 Å². The summed E-state index contributed by atoms with van der Waals surface area (Å²) in [5, 5.41) is 0. The molecule has 21 heavy (non-hydrogen) atoms. The number of methoxy groups -OCH3 is 1. The maximum Gasteiger partial charge on any atom is 0.263 e. The second-order valence-corrected chi connectivity index (χ2v) is 4.46. The minimum Gasteiger partial charge on any atom is -0.497 e. The molecule has 0 spiro atoms. The lowest BCUT2D eigenvalue weighted by Crippen LogP contribution is -2.68. The van der Waals surface area contributed by atoms with Gasteiger partial charge >= 0.3 is 0 Å². The molecule has 0 fully saturated rings. The van der Waals surface area contributed by atoms with Gasteiger partial charge in [0.25, 0.3) is 11.4 Å². The van der Waals surface area contributed by atoms with Crippen LogP contribution in [0.2, 0.25) is 0 Å². The Kier molecular flexibility index (Phi) is 6.22. The summed E-state index contributed by atoms with van der Waals surface area (Å²) >= 11 is 0. The van der Waals surface area contributed by atoms with Crippen molar-refractivity contribution in [1.82, 2.24) is 4.76 Å². The lowest BCUT2D eigenvalue weighted by molar-refractivity contribution is -2.00. The molecule has 0 saturated heterocycles. The summed E-state index contributed by atoms with van der Waals surface area (Å²) < 4.78 is 39.9. The fraction of sp³-hybridized carbons (Fsp3) is 0.0769. The molecule has 0 bridgehead atoms. The second-order valence-electron chi connectivity index (χ2n) is 3.71. The third kappa shape index (κ3) is 6.80. The predicted octanol–water partition coefficient (Wildman–Crippen LogP) is -1.46. The van der Waals surface area contributed by atoms with E-state index in [1.54, 1.807) is 43.5 Å². The van der Waals surface area contributed by atoms with Gasteiger partial charge in [-0.1, -0.05) is 18.2 Å². The zero-order valence-electron chi connectivity index (χ0n) is 11.0. The summed E-state index contributed by atoms with van der Waals surface area (Å²) in [4.78, 5) is 11.9. The monoisotopic (exact) mass is 313 g/mol. The second kappa shape index (κ2) is 7.67. The molecule has 2 aromatic carbocycles. The fourth-order valence-electron chi connectivity index (χ4n) is 1.43. The van der Waals surface area contributed by atoms with E-state index in [1.807, 2.05) is 18.2 Å². The van der Waals surface area contributed by atoms with Crippen LogP contribution < -0.4 is 28.1 Å². The Morgan fingerprint density at radius 3 is 1.71 bits per heavy atom. The van der Waals surface area contributed by atoms with E-state index in [9.17, 15) is 4.91 Å². The molecule has 2 rings (SSSR count). The Balaban J connectivity index is 0.000000383. The maximum atomic E-state index is 11.9. The van der Waals surface area contributed by atoms with Crippen molar-refractivity contribution in [2.75, 3.05) is 7.11 Å². The molecule has 0 atom stereocenters. The summed E-state index contributed by atoms with van der Waals surface area (Å²) in [5.41, 5.74) is 1.21. The van der Waals surface area contributed by atoms with Crippen LogP contribution in [0.3, 0.4) is 0 Å². The van der Waals surface area contributed by atoms with Crippen molar-refractivity contribution in [2.45, 2.75) is 0 Å². The van der Waals surface area contributed by atoms with Crippen molar-refractivity contribution in [3.8, 4) is 5.75 Å². The molecule has 0 aliphatic carbocycles. The molecule has 0 aliphatic heterocycles. The Morgan fingerprint density at radius 2 is 1.29 bits per heavy atom. The minimum absolute atomic E-state index is 0.590. The van der Waals surface area contributed by atoms with Crippen molar-refractivity contribution >= 4 is 11.4 Å². The molecule has 0 saturated carbocycles. The zero-order valence-corrected chi connectivity index (χ0v) is 11.7. The molecule has 7 nitrogen and oxygen atoms in total. The van der Waals surface area contributed by atoms with E-state index in [1.165, 1.54) is 0 Å². The van der Waals surface area contributed by atoms with Gasteiger partial charge in [-0.15, -0.1) is 10.2 Å². The molecule has 0 radical (unpaired) electrons. The van der Waals surface area contributed by atoms with E-state index in [0.717, 1.165) is 10.5 Å². The number of halogens is 1. The quantitative estimate of drug-likeness (QED) is 0.638. The lowest BCUT2D eigenvalue weighted by atomic mass is 10.2.